The topological polar surface area (TPSA) is 59.0 Å². The van der Waals surface area contributed by atoms with Crippen molar-refractivity contribution < 1.29 is 4.79 Å². The maximum atomic E-state index is 13.2. The van der Waals surface area contributed by atoms with Crippen LogP contribution in [0.4, 0.5) is 0 Å². The molecule has 3 heterocycles. The van der Waals surface area contributed by atoms with Crippen molar-refractivity contribution in [3.8, 4) is 10.6 Å². The molecule has 1 aromatic carbocycles. The smallest absolute Gasteiger partial charge is 0.273 e. The Morgan fingerprint density at radius 2 is 2.04 bits per heavy atom. The number of carbonyl (C=O) groups is 1. The fourth-order valence-corrected chi connectivity index (χ4v) is 5.38. The Bertz CT molecular complexity index is 1030. The normalized spacial score (nSPS) is 21.1. The molecule has 2 aliphatic rings. The number of thiazole rings is 1. The van der Waals surface area contributed by atoms with Gasteiger partial charge in [-0.3, -0.25) is 4.79 Å². The highest BCUT2D eigenvalue weighted by molar-refractivity contribution is 7.13. The van der Waals surface area contributed by atoms with E-state index in [0.29, 0.717) is 5.69 Å². The van der Waals surface area contributed by atoms with E-state index < -0.39 is 0 Å². The van der Waals surface area contributed by atoms with E-state index in [0.717, 1.165) is 55.2 Å². The third kappa shape index (κ3) is 2.92. The Balaban J connectivity index is 1.40. The number of nitrogens with zero attached hydrogens (tertiary/aromatic N) is 4. The first-order valence-corrected chi connectivity index (χ1v) is 10.7. The van der Waals surface area contributed by atoms with Gasteiger partial charge in [-0.2, -0.15) is 0 Å². The summed E-state index contributed by atoms with van der Waals surface area (Å²) in [7, 11) is 0. The van der Waals surface area contributed by atoms with Gasteiger partial charge in [-0.1, -0.05) is 30.3 Å². The second-order valence-corrected chi connectivity index (χ2v) is 8.66. The lowest BCUT2D eigenvalue weighted by atomic mass is 9.77. The molecule has 1 aliphatic heterocycles. The highest BCUT2D eigenvalue weighted by atomic mass is 32.1. The van der Waals surface area contributed by atoms with Gasteiger partial charge < -0.3 is 4.90 Å². The van der Waals surface area contributed by atoms with E-state index >= 15 is 0 Å². The minimum atomic E-state index is -0.0186. The van der Waals surface area contributed by atoms with Gasteiger partial charge in [0.1, 0.15) is 16.5 Å². The van der Waals surface area contributed by atoms with Gasteiger partial charge in [0.05, 0.1) is 5.69 Å². The van der Waals surface area contributed by atoms with E-state index in [9.17, 15) is 4.79 Å². The monoisotopic (exact) mass is 390 g/mol. The molecule has 5 rings (SSSR count). The van der Waals surface area contributed by atoms with Gasteiger partial charge in [0.25, 0.3) is 5.91 Å². The van der Waals surface area contributed by atoms with Gasteiger partial charge in [-0.15, -0.1) is 11.3 Å². The summed E-state index contributed by atoms with van der Waals surface area (Å²) in [5.41, 5.74) is 4.01. The summed E-state index contributed by atoms with van der Waals surface area (Å²) >= 11 is 1.53. The summed E-state index contributed by atoms with van der Waals surface area (Å²) in [5.74, 6) is 0.854. The quantitative estimate of drug-likeness (QED) is 0.663. The summed E-state index contributed by atoms with van der Waals surface area (Å²) < 4.78 is 0. The van der Waals surface area contributed by atoms with Gasteiger partial charge >= 0.3 is 0 Å². The van der Waals surface area contributed by atoms with Crippen molar-refractivity contribution in [3.63, 3.8) is 0 Å². The van der Waals surface area contributed by atoms with Crippen LogP contribution in [0.2, 0.25) is 0 Å². The molecular weight excluding hydrogens is 368 g/mol. The molecular formula is C22H22N4OS. The molecule has 2 aromatic heterocycles. The molecule has 1 atom stereocenters. The van der Waals surface area contributed by atoms with Crippen molar-refractivity contribution in [3.05, 3.63) is 64.7 Å². The molecule has 5 nitrogen and oxygen atoms in total. The maximum Gasteiger partial charge on any atom is 0.273 e. The van der Waals surface area contributed by atoms with Gasteiger partial charge in [-0.05, 0) is 38.2 Å². The van der Waals surface area contributed by atoms with Crippen LogP contribution in [0.15, 0.2) is 41.9 Å². The number of aromatic nitrogens is 3. The molecule has 1 unspecified atom stereocenters. The lowest BCUT2D eigenvalue weighted by molar-refractivity contribution is 0.0628. The highest BCUT2D eigenvalue weighted by Crippen LogP contribution is 2.44. The second-order valence-electron chi connectivity index (χ2n) is 7.81. The molecule has 28 heavy (non-hydrogen) atoms. The van der Waals surface area contributed by atoms with E-state index in [1.165, 1.54) is 22.6 Å². The number of hydrogen-bond acceptors (Lipinski definition) is 5. The van der Waals surface area contributed by atoms with Crippen molar-refractivity contribution in [2.75, 3.05) is 13.1 Å². The number of benzene rings is 1. The van der Waals surface area contributed by atoms with Crippen molar-refractivity contribution in [1.29, 1.82) is 0 Å². The summed E-state index contributed by atoms with van der Waals surface area (Å²) in [4.78, 5) is 29.0. The fraction of sp³-hybridized carbons (Fsp3) is 0.364. The summed E-state index contributed by atoms with van der Waals surface area (Å²) in [5, 5.41) is 2.78. The molecule has 0 radical (unpaired) electrons. The van der Waals surface area contributed by atoms with E-state index in [1.807, 2.05) is 53.7 Å². The number of amides is 1. The third-order valence-electron chi connectivity index (χ3n) is 5.97. The number of carbonyl (C=O) groups excluding carboxylic acids is 1. The van der Waals surface area contributed by atoms with E-state index in [1.54, 1.807) is 0 Å². The van der Waals surface area contributed by atoms with Crippen LogP contribution in [0.3, 0.4) is 0 Å². The van der Waals surface area contributed by atoms with E-state index in [2.05, 4.69) is 9.97 Å². The zero-order valence-corrected chi connectivity index (χ0v) is 16.7. The van der Waals surface area contributed by atoms with Crippen LogP contribution in [0.5, 0.6) is 0 Å². The number of fused-ring (bicyclic) bond motifs is 2. The predicted molar refractivity (Wildman–Crippen MR) is 109 cm³/mol. The molecule has 6 heteroatoms. The standard InChI is InChI=1S/C22H22N4OS/c1-15-23-12-17-8-10-22(19(17)24-15)9-5-11-26(14-22)21(27)18-13-28-20(25-18)16-6-3-2-4-7-16/h2-4,6-7,12-13H,5,8-11,14H2,1H3. The predicted octanol–water partition coefficient (Wildman–Crippen LogP) is 4.03. The lowest BCUT2D eigenvalue weighted by Gasteiger charge is -2.40. The first-order valence-electron chi connectivity index (χ1n) is 9.78. The Hall–Kier alpha value is -2.60. The molecule has 0 N–H and O–H groups in total. The van der Waals surface area contributed by atoms with E-state index in [-0.39, 0.29) is 11.3 Å². The molecule has 0 saturated carbocycles. The number of rotatable bonds is 2. The minimum absolute atomic E-state index is 0.0186. The molecule has 1 aliphatic carbocycles. The Morgan fingerprint density at radius 3 is 2.89 bits per heavy atom. The van der Waals surface area contributed by atoms with Gasteiger partial charge in [0.15, 0.2) is 0 Å². The van der Waals surface area contributed by atoms with Crippen LogP contribution >= 0.6 is 11.3 Å². The summed E-state index contributed by atoms with van der Waals surface area (Å²) in [6.07, 6.45) is 6.12. The molecule has 1 fully saturated rings. The molecule has 0 bridgehead atoms. The zero-order chi connectivity index (χ0) is 19.1. The van der Waals surface area contributed by atoms with Crippen LogP contribution in [-0.4, -0.2) is 38.8 Å². The first kappa shape index (κ1) is 17.5. The third-order valence-corrected chi connectivity index (χ3v) is 6.86. The van der Waals surface area contributed by atoms with E-state index in [4.69, 9.17) is 4.98 Å². The first-order chi connectivity index (χ1) is 13.6. The average molecular weight is 391 g/mol. The summed E-state index contributed by atoms with van der Waals surface area (Å²) in [6.45, 7) is 3.46. The number of hydrogen-bond donors (Lipinski definition) is 0. The zero-order valence-electron chi connectivity index (χ0n) is 15.9. The summed E-state index contributed by atoms with van der Waals surface area (Å²) in [6, 6.07) is 10.0. The number of likely N-dealkylation sites (tertiary alicyclic amines) is 1. The highest BCUT2D eigenvalue weighted by Gasteiger charge is 2.44. The molecule has 1 amide bonds. The lowest BCUT2D eigenvalue weighted by Crippen LogP contribution is -2.48. The average Bonchev–Trinajstić information content (AvgIpc) is 3.35. The number of aryl methyl sites for hydroxylation is 2. The molecule has 3 aromatic rings. The molecule has 1 spiro atoms. The Labute approximate surface area is 168 Å². The van der Waals surface area contributed by atoms with Crippen LogP contribution in [-0.2, 0) is 11.8 Å². The largest absolute Gasteiger partial charge is 0.336 e. The van der Waals surface area contributed by atoms with Gasteiger partial charge in [-0.25, -0.2) is 15.0 Å². The van der Waals surface area contributed by atoms with Crippen molar-refractivity contribution in [2.45, 2.75) is 38.0 Å². The van der Waals surface area contributed by atoms with Gasteiger partial charge in [0.2, 0.25) is 0 Å². The van der Waals surface area contributed by atoms with Crippen LogP contribution < -0.4 is 0 Å². The van der Waals surface area contributed by atoms with Crippen LogP contribution in [0.1, 0.15) is 46.8 Å². The van der Waals surface area contributed by atoms with Gasteiger partial charge in [0, 0.05) is 35.6 Å². The molecule has 1 saturated heterocycles. The Kier molecular flexibility index (Phi) is 4.23. The minimum Gasteiger partial charge on any atom is -0.336 e. The maximum absolute atomic E-state index is 13.2. The van der Waals surface area contributed by atoms with Crippen molar-refractivity contribution >= 4 is 17.2 Å². The van der Waals surface area contributed by atoms with Crippen molar-refractivity contribution in [1.82, 2.24) is 19.9 Å². The Morgan fingerprint density at radius 1 is 1.18 bits per heavy atom. The molecule has 142 valence electrons. The second kappa shape index (κ2) is 6.78. The van der Waals surface area contributed by atoms with Crippen LogP contribution in [0.25, 0.3) is 10.6 Å². The van der Waals surface area contributed by atoms with Crippen LogP contribution in [0, 0.1) is 6.92 Å². The van der Waals surface area contributed by atoms with Crippen molar-refractivity contribution in [2.24, 2.45) is 0 Å². The fourth-order valence-electron chi connectivity index (χ4n) is 4.58. The number of piperidine rings is 1. The SMILES string of the molecule is Cc1ncc2c(n1)C1(CCCN(C(=O)c3csc(-c4ccccc4)n3)C1)CC2.